The van der Waals surface area contributed by atoms with Crippen LogP contribution in [0.2, 0.25) is 0 Å². The topological polar surface area (TPSA) is 47.9 Å². The highest BCUT2D eigenvalue weighted by molar-refractivity contribution is 5.34. The molecule has 0 aliphatic heterocycles. The summed E-state index contributed by atoms with van der Waals surface area (Å²) in [5, 5.41) is 10.4. The van der Waals surface area contributed by atoms with Gasteiger partial charge in [-0.3, -0.25) is 0 Å². The fourth-order valence-corrected chi connectivity index (χ4v) is 1.95. The van der Waals surface area contributed by atoms with Gasteiger partial charge in [-0.2, -0.15) is 0 Å². The summed E-state index contributed by atoms with van der Waals surface area (Å²) >= 11 is 0. The second-order valence-electron chi connectivity index (χ2n) is 4.59. The number of hydrogen-bond acceptors (Lipinski definition) is 4. The quantitative estimate of drug-likeness (QED) is 0.756. The number of methoxy groups -OCH3 is 3. The van der Waals surface area contributed by atoms with Gasteiger partial charge in [0, 0.05) is 27.1 Å². The molecule has 1 aromatic rings. The average Bonchev–Trinajstić information content (AvgIpc) is 2.36. The highest BCUT2D eigenvalue weighted by Crippen LogP contribution is 2.26. The Morgan fingerprint density at radius 1 is 1.17 bits per heavy atom. The van der Waals surface area contributed by atoms with Gasteiger partial charge in [0.1, 0.15) is 5.75 Å². The molecule has 0 radical (unpaired) electrons. The summed E-state index contributed by atoms with van der Waals surface area (Å²) in [6, 6.07) is 7.67. The molecular weight excluding hydrogens is 232 g/mol. The van der Waals surface area contributed by atoms with Gasteiger partial charge in [0.05, 0.1) is 12.7 Å². The first-order valence-electron chi connectivity index (χ1n) is 5.92. The number of aliphatic hydroxyl groups is 1. The summed E-state index contributed by atoms with van der Waals surface area (Å²) in [5.74, 6) is 0.782. The van der Waals surface area contributed by atoms with E-state index in [-0.39, 0.29) is 0 Å². The highest BCUT2D eigenvalue weighted by atomic mass is 16.7. The van der Waals surface area contributed by atoms with Crippen molar-refractivity contribution in [2.45, 2.75) is 31.7 Å². The predicted molar refractivity (Wildman–Crippen MR) is 69.7 cm³/mol. The number of para-hydroxylation sites is 1. The second-order valence-corrected chi connectivity index (χ2v) is 4.59. The van der Waals surface area contributed by atoms with Crippen molar-refractivity contribution in [3.63, 3.8) is 0 Å². The van der Waals surface area contributed by atoms with Gasteiger partial charge in [0.2, 0.25) is 0 Å². The monoisotopic (exact) mass is 254 g/mol. The standard InChI is InChI=1S/C14H22O4/c1-14(15,10-13(17-3)18-4)9-11-7-5-6-8-12(11)16-2/h5-8,13,15H,9-10H2,1-4H3. The van der Waals surface area contributed by atoms with Crippen LogP contribution in [-0.4, -0.2) is 38.3 Å². The number of benzene rings is 1. The van der Waals surface area contributed by atoms with Crippen LogP contribution in [0.15, 0.2) is 24.3 Å². The normalized spacial score (nSPS) is 14.6. The molecule has 0 spiro atoms. The first-order chi connectivity index (χ1) is 8.52. The molecule has 0 heterocycles. The molecule has 1 rings (SSSR count). The summed E-state index contributed by atoms with van der Waals surface area (Å²) in [6.07, 6.45) is 0.480. The van der Waals surface area contributed by atoms with E-state index in [1.165, 1.54) is 0 Å². The van der Waals surface area contributed by atoms with Crippen molar-refractivity contribution in [3.05, 3.63) is 29.8 Å². The van der Waals surface area contributed by atoms with Crippen molar-refractivity contribution in [2.75, 3.05) is 21.3 Å². The molecule has 4 heteroatoms. The van der Waals surface area contributed by atoms with Crippen LogP contribution in [0.3, 0.4) is 0 Å². The lowest BCUT2D eigenvalue weighted by Gasteiger charge is -2.27. The van der Waals surface area contributed by atoms with E-state index in [9.17, 15) is 5.11 Å². The molecule has 1 atom stereocenters. The van der Waals surface area contributed by atoms with Crippen molar-refractivity contribution in [1.29, 1.82) is 0 Å². The molecule has 4 nitrogen and oxygen atoms in total. The molecule has 0 saturated heterocycles. The maximum atomic E-state index is 10.4. The van der Waals surface area contributed by atoms with Gasteiger partial charge in [-0.1, -0.05) is 18.2 Å². The Morgan fingerprint density at radius 3 is 2.33 bits per heavy atom. The zero-order valence-corrected chi connectivity index (χ0v) is 11.5. The van der Waals surface area contributed by atoms with Gasteiger partial charge in [-0.25, -0.2) is 0 Å². The zero-order valence-electron chi connectivity index (χ0n) is 11.5. The Kier molecular flexibility index (Phi) is 5.59. The summed E-state index contributed by atoms with van der Waals surface area (Å²) < 4.78 is 15.5. The summed E-state index contributed by atoms with van der Waals surface area (Å²) in [5.41, 5.74) is 0.0571. The number of hydrogen-bond donors (Lipinski definition) is 1. The van der Waals surface area contributed by atoms with Crippen LogP contribution in [-0.2, 0) is 15.9 Å². The molecule has 102 valence electrons. The zero-order chi connectivity index (χ0) is 13.6. The van der Waals surface area contributed by atoms with Crippen molar-refractivity contribution in [3.8, 4) is 5.75 Å². The lowest BCUT2D eigenvalue weighted by Crippen LogP contribution is -2.34. The third-order valence-electron chi connectivity index (χ3n) is 2.90. The first-order valence-corrected chi connectivity index (χ1v) is 5.92. The Bertz CT molecular complexity index is 359. The fraction of sp³-hybridized carbons (Fsp3) is 0.571. The SMILES string of the molecule is COc1ccccc1CC(C)(O)CC(OC)OC. The van der Waals surface area contributed by atoms with Gasteiger partial charge in [-0.15, -0.1) is 0 Å². The smallest absolute Gasteiger partial charge is 0.159 e. The molecule has 0 aliphatic rings. The number of rotatable bonds is 7. The fourth-order valence-electron chi connectivity index (χ4n) is 1.95. The van der Waals surface area contributed by atoms with Crippen LogP contribution >= 0.6 is 0 Å². The van der Waals surface area contributed by atoms with E-state index in [0.717, 1.165) is 11.3 Å². The van der Waals surface area contributed by atoms with Crippen molar-refractivity contribution in [2.24, 2.45) is 0 Å². The van der Waals surface area contributed by atoms with Gasteiger partial charge < -0.3 is 19.3 Å². The Labute approximate surface area is 108 Å². The molecular formula is C14H22O4. The van der Waals surface area contributed by atoms with E-state index in [0.29, 0.717) is 12.8 Å². The molecule has 18 heavy (non-hydrogen) atoms. The lowest BCUT2D eigenvalue weighted by molar-refractivity contribution is -0.139. The van der Waals surface area contributed by atoms with Crippen LogP contribution in [0.25, 0.3) is 0 Å². The third kappa shape index (κ3) is 4.29. The van der Waals surface area contributed by atoms with Crippen LogP contribution in [0.5, 0.6) is 5.75 Å². The minimum absolute atomic E-state index is 0.401. The lowest BCUT2D eigenvalue weighted by atomic mass is 9.92. The molecule has 0 amide bonds. The van der Waals surface area contributed by atoms with Crippen LogP contribution < -0.4 is 4.74 Å². The van der Waals surface area contributed by atoms with Crippen LogP contribution in [0.4, 0.5) is 0 Å². The molecule has 1 aromatic carbocycles. The third-order valence-corrected chi connectivity index (χ3v) is 2.90. The van der Waals surface area contributed by atoms with Gasteiger partial charge in [-0.05, 0) is 18.6 Å². The highest BCUT2D eigenvalue weighted by Gasteiger charge is 2.27. The van der Waals surface area contributed by atoms with Crippen molar-refractivity contribution < 1.29 is 19.3 Å². The van der Waals surface area contributed by atoms with Crippen LogP contribution in [0.1, 0.15) is 18.9 Å². The maximum absolute atomic E-state index is 10.4. The van der Waals surface area contributed by atoms with E-state index in [4.69, 9.17) is 14.2 Å². The second kappa shape index (κ2) is 6.73. The number of ether oxygens (including phenoxy) is 3. The molecule has 1 N–H and O–H groups in total. The Hall–Kier alpha value is -1.10. The Morgan fingerprint density at radius 2 is 1.78 bits per heavy atom. The molecule has 1 unspecified atom stereocenters. The molecule has 0 fully saturated rings. The maximum Gasteiger partial charge on any atom is 0.159 e. The molecule has 0 aromatic heterocycles. The minimum atomic E-state index is -0.911. The van der Waals surface area contributed by atoms with Crippen molar-refractivity contribution in [1.82, 2.24) is 0 Å². The van der Waals surface area contributed by atoms with Crippen LogP contribution in [0, 0.1) is 0 Å². The molecule has 0 aliphatic carbocycles. The van der Waals surface area contributed by atoms with Crippen molar-refractivity contribution >= 4 is 0 Å². The summed E-state index contributed by atoms with van der Waals surface area (Å²) in [6.45, 7) is 1.77. The van der Waals surface area contributed by atoms with E-state index in [1.54, 1.807) is 28.3 Å². The van der Waals surface area contributed by atoms with Gasteiger partial charge >= 0.3 is 0 Å². The van der Waals surface area contributed by atoms with Gasteiger partial charge in [0.25, 0.3) is 0 Å². The van der Waals surface area contributed by atoms with E-state index >= 15 is 0 Å². The predicted octanol–water partition coefficient (Wildman–Crippen LogP) is 2.00. The minimum Gasteiger partial charge on any atom is -0.496 e. The van der Waals surface area contributed by atoms with E-state index < -0.39 is 11.9 Å². The largest absolute Gasteiger partial charge is 0.496 e. The summed E-state index contributed by atoms with van der Waals surface area (Å²) in [4.78, 5) is 0. The van der Waals surface area contributed by atoms with E-state index in [1.807, 2.05) is 24.3 Å². The molecule has 0 saturated carbocycles. The average molecular weight is 254 g/mol. The summed E-state index contributed by atoms with van der Waals surface area (Å²) in [7, 11) is 4.75. The molecule has 0 bridgehead atoms. The van der Waals surface area contributed by atoms with E-state index in [2.05, 4.69) is 0 Å². The first kappa shape index (κ1) is 15.0. The Balaban J connectivity index is 2.75. The van der Waals surface area contributed by atoms with Gasteiger partial charge in [0.15, 0.2) is 6.29 Å².